The van der Waals surface area contributed by atoms with Crippen LogP contribution in [0.5, 0.6) is 0 Å². The van der Waals surface area contributed by atoms with E-state index in [0.717, 1.165) is 20.0 Å². The van der Waals surface area contributed by atoms with Crippen molar-refractivity contribution in [3.05, 3.63) is 20.8 Å². The van der Waals surface area contributed by atoms with Gasteiger partial charge in [-0.25, -0.2) is 13.2 Å². The summed E-state index contributed by atoms with van der Waals surface area (Å²) in [7, 11) is -0.936. The lowest BCUT2D eigenvalue weighted by atomic mass is 10.5. The summed E-state index contributed by atoms with van der Waals surface area (Å²) in [5.74, 6) is 2.28. The highest BCUT2D eigenvalue weighted by Crippen LogP contribution is 2.13. The topological polar surface area (TPSA) is 96.0 Å². The molecule has 9 heteroatoms. The third-order valence-corrected chi connectivity index (χ3v) is 3.93. The Balaban J connectivity index is 3.15. The SMILES string of the molecule is C#CCn1c(=O)n(C)c(=O)c2c1nc(S(C)(=O)=O)n2C. The lowest BCUT2D eigenvalue weighted by Gasteiger charge is -2.05. The van der Waals surface area contributed by atoms with Gasteiger partial charge in [0.2, 0.25) is 15.0 Å². The number of sulfone groups is 1. The highest BCUT2D eigenvalue weighted by molar-refractivity contribution is 7.90. The van der Waals surface area contributed by atoms with E-state index in [1.54, 1.807) is 0 Å². The first-order valence-corrected chi connectivity index (χ1v) is 7.39. The smallest absolute Gasteiger partial charge is 0.312 e. The standard InChI is InChI=1S/C11H12N4O4S/c1-5-6-15-8-7(9(16)14(3)11(15)17)13(2)10(12-8)20(4,18)19/h1H,6H2,2-4H3. The quantitative estimate of drug-likeness (QED) is 0.627. The monoisotopic (exact) mass is 296 g/mol. The molecule has 0 fully saturated rings. The second-order valence-electron chi connectivity index (χ2n) is 4.33. The van der Waals surface area contributed by atoms with Gasteiger partial charge in [0, 0.05) is 20.4 Å². The molecule has 2 heterocycles. The Morgan fingerprint density at radius 2 is 1.85 bits per heavy atom. The molecule has 2 aromatic heterocycles. The molecule has 106 valence electrons. The molecule has 0 bridgehead atoms. The maximum atomic E-state index is 12.1. The van der Waals surface area contributed by atoms with Crippen molar-refractivity contribution in [2.45, 2.75) is 11.7 Å². The molecular weight excluding hydrogens is 284 g/mol. The number of nitrogens with zero attached hydrogens (tertiary/aromatic N) is 4. The Labute approximate surface area is 114 Å². The van der Waals surface area contributed by atoms with Gasteiger partial charge in [0.1, 0.15) is 0 Å². The molecule has 20 heavy (non-hydrogen) atoms. The second kappa shape index (κ2) is 4.35. The molecule has 0 amide bonds. The zero-order valence-corrected chi connectivity index (χ0v) is 11.9. The zero-order chi connectivity index (χ0) is 15.2. The van der Waals surface area contributed by atoms with E-state index >= 15 is 0 Å². The van der Waals surface area contributed by atoms with E-state index in [0.29, 0.717) is 0 Å². The van der Waals surface area contributed by atoms with Gasteiger partial charge >= 0.3 is 5.69 Å². The van der Waals surface area contributed by atoms with E-state index in [-0.39, 0.29) is 22.9 Å². The summed E-state index contributed by atoms with van der Waals surface area (Å²) in [6.45, 7) is -0.107. The highest BCUT2D eigenvalue weighted by Gasteiger charge is 2.23. The molecule has 0 spiro atoms. The molecule has 0 saturated heterocycles. The zero-order valence-electron chi connectivity index (χ0n) is 11.1. The highest BCUT2D eigenvalue weighted by atomic mass is 32.2. The van der Waals surface area contributed by atoms with Crippen LogP contribution in [0.15, 0.2) is 14.7 Å². The minimum Gasteiger partial charge on any atom is -0.312 e. The van der Waals surface area contributed by atoms with Gasteiger partial charge in [-0.05, 0) is 0 Å². The van der Waals surface area contributed by atoms with Crippen molar-refractivity contribution in [1.29, 1.82) is 0 Å². The molecule has 0 aromatic carbocycles. The summed E-state index contributed by atoms with van der Waals surface area (Å²) in [6, 6.07) is 0. The minimum atomic E-state index is -3.63. The molecule has 2 rings (SSSR count). The van der Waals surface area contributed by atoms with Crippen LogP contribution in [0.4, 0.5) is 0 Å². The Kier molecular flexibility index (Phi) is 3.06. The maximum Gasteiger partial charge on any atom is 0.333 e. The van der Waals surface area contributed by atoms with Crippen LogP contribution in [0.1, 0.15) is 0 Å². The van der Waals surface area contributed by atoms with Crippen LogP contribution in [-0.4, -0.2) is 33.4 Å². The molecule has 0 aliphatic carbocycles. The van der Waals surface area contributed by atoms with Crippen molar-refractivity contribution in [2.24, 2.45) is 14.1 Å². The molecule has 0 aliphatic rings. The molecule has 0 radical (unpaired) electrons. The molecule has 0 saturated carbocycles. The lowest BCUT2D eigenvalue weighted by Crippen LogP contribution is -2.38. The largest absolute Gasteiger partial charge is 0.333 e. The number of imidazole rings is 1. The number of rotatable bonds is 2. The average Bonchev–Trinajstić information content (AvgIpc) is 2.69. The van der Waals surface area contributed by atoms with Crippen molar-refractivity contribution in [2.75, 3.05) is 6.26 Å². The van der Waals surface area contributed by atoms with Crippen molar-refractivity contribution >= 4 is 21.0 Å². The van der Waals surface area contributed by atoms with Crippen LogP contribution in [0.2, 0.25) is 0 Å². The van der Waals surface area contributed by atoms with Crippen LogP contribution >= 0.6 is 0 Å². The van der Waals surface area contributed by atoms with Crippen molar-refractivity contribution in [1.82, 2.24) is 18.7 Å². The summed E-state index contributed by atoms with van der Waals surface area (Å²) in [5, 5.41) is -0.291. The summed E-state index contributed by atoms with van der Waals surface area (Å²) >= 11 is 0. The van der Waals surface area contributed by atoms with Crippen molar-refractivity contribution in [3.8, 4) is 12.3 Å². The summed E-state index contributed by atoms with van der Waals surface area (Å²) < 4.78 is 26.4. The normalized spacial score (nSPS) is 11.7. The van der Waals surface area contributed by atoms with Crippen LogP contribution in [0, 0.1) is 12.3 Å². The predicted octanol–water partition coefficient (Wildman–Crippen LogP) is -1.53. The molecule has 2 aromatic rings. The van der Waals surface area contributed by atoms with E-state index in [9.17, 15) is 18.0 Å². The van der Waals surface area contributed by atoms with Gasteiger partial charge in [0.25, 0.3) is 5.56 Å². The molecule has 0 unspecified atom stereocenters. The first-order valence-electron chi connectivity index (χ1n) is 5.50. The second-order valence-corrected chi connectivity index (χ2v) is 6.24. The van der Waals surface area contributed by atoms with Gasteiger partial charge < -0.3 is 4.57 Å². The first kappa shape index (κ1) is 14.1. The molecule has 0 N–H and O–H groups in total. The summed E-state index contributed by atoms with van der Waals surface area (Å²) in [4.78, 5) is 28.0. The minimum absolute atomic E-state index is 0.0165. The van der Waals surface area contributed by atoms with Gasteiger partial charge in [-0.2, -0.15) is 4.98 Å². The van der Waals surface area contributed by atoms with Gasteiger partial charge in [0.15, 0.2) is 11.2 Å². The fraction of sp³-hybridized carbons (Fsp3) is 0.364. The van der Waals surface area contributed by atoms with Crippen molar-refractivity contribution in [3.63, 3.8) is 0 Å². The van der Waals surface area contributed by atoms with Crippen LogP contribution in [0.25, 0.3) is 11.2 Å². The van der Waals surface area contributed by atoms with E-state index < -0.39 is 21.1 Å². The molecule has 8 nitrogen and oxygen atoms in total. The number of aromatic nitrogens is 4. The molecular formula is C11H12N4O4S. The fourth-order valence-electron chi connectivity index (χ4n) is 1.97. The average molecular weight is 296 g/mol. The van der Waals surface area contributed by atoms with Crippen LogP contribution < -0.4 is 11.2 Å². The number of hydrogen-bond acceptors (Lipinski definition) is 5. The number of fused-ring (bicyclic) bond motifs is 1. The van der Waals surface area contributed by atoms with Gasteiger partial charge in [-0.15, -0.1) is 6.42 Å². The lowest BCUT2D eigenvalue weighted by molar-refractivity contribution is 0.586. The summed E-state index contributed by atoms with van der Waals surface area (Å²) in [6.07, 6.45) is 6.16. The van der Waals surface area contributed by atoms with E-state index in [1.807, 2.05) is 0 Å². The Morgan fingerprint density at radius 3 is 2.35 bits per heavy atom. The Bertz CT molecular complexity index is 969. The van der Waals surface area contributed by atoms with Crippen LogP contribution in [0.3, 0.4) is 0 Å². The number of terminal acetylenes is 1. The predicted molar refractivity (Wildman–Crippen MR) is 72.2 cm³/mol. The van der Waals surface area contributed by atoms with Gasteiger partial charge in [-0.3, -0.25) is 13.9 Å². The summed E-state index contributed by atoms with van der Waals surface area (Å²) in [5.41, 5.74) is -1.27. The Hall–Kier alpha value is -2.34. The number of hydrogen-bond donors (Lipinski definition) is 0. The van der Waals surface area contributed by atoms with E-state index in [2.05, 4.69) is 10.9 Å². The van der Waals surface area contributed by atoms with Gasteiger partial charge in [-0.1, -0.05) is 5.92 Å². The van der Waals surface area contributed by atoms with E-state index in [1.165, 1.54) is 14.1 Å². The number of aryl methyl sites for hydroxylation is 1. The van der Waals surface area contributed by atoms with E-state index in [4.69, 9.17) is 6.42 Å². The Morgan fingerprint density at radius 1 is 1.25 bits per heavy atom. The van der Waals surface area contributed by atoms with Gasteiger partial charge in [0.05, 0.1) is 6.54 Å². The third kappa shape index (κ3) is 1.85. The first-order chi connectivity index (χ1) is 9.20. The molecule has 0 atom stereocenters. The fourth-order valence-corrected chi connectivity index (χ4v) is 2.82. The maximum absolute atomic E-state index is 12.1. The van der Waals surface area contributed by atoms with Crippen LogP contribution in [-0.2, 0) is 30.5 Å². The van der Waals surface area contributed by atoms with Crippen molar-refractivity contribution < 1.29 is 8.42 Å². The third-order valence-electron chi connectivity index (χ3n) is 2.90. The molecule has 0 aliphatic heterocycles.